The van der Waals surface area contributed by atoms with Gasteiger partial charge in [0.2, 0.25) is 0 Å². The highest BCUT2D eigenvalue weighted by molar-refractivity contribution is 5.79. The van der Waals surface area contributed by atoms with Crippen molar-refractivity contribution < 1.29 is 4.79 Å². The average molecular weight is 252 g/mol. The van der Waals surface area contributed by atoms with E-state index in [4.69, 9.17) is 0 Å². The first-order valence-corrected chi connectivity index (χ1v) is 6.39. The molecule has 0 aliphatic heterocycles. The molecule has 1 radical (unpaired) electrons. The highest BCUT2D eigenvalue weighted by atomic mass is 16.1. The zero-order chi connectivity index (χ0) is 13.8. The summed E-state index contributed by atoms with van der Waals surface area (Å²) in [6.45, 7) is 6.68. The van der Waals surface area contributed by atoms with Crippen LogP contribution in [-0.2, 0) is 11.3 Å². The fraction of sp³-hybridized carbons (Fsp3) is 0.235. The van der Waals surface area contributed by atoms with Crippen LogP contribution in [0.25, 0.3) is 0 Å². The van der Waals surface area contributed by atoms with E-state index >= 15 is 0 Å². The van der Waals surface area contributed by atoms with E-state index in [2.05, 4.69) is 25.5 Å². The smallest absolute Gasteiger partial charge is 0.299 e. The fourth-order valence-electron chi connectivity index (χ4n) is 2.52. The Morgan fingerprint density at radius 3 is 2.11 bits per heavy atom. The minimum Gasteiger partial charge on any atom is -0.299 e. The first-order valence-electron chi connectivity index (χ1n) is 6.39. The summed E-state index contributed by atoms with van der Waals surface area (Å²) >= 11 is 0. The SMILES string of the molecule is Cc1cc(C)c(N([C]=O)Cc2ccccc2)c(C)c1. The van der Waals surface area contributed by atoms with Crippen LogP contribution >= 0.6 is 0 Å². The average Bonchev–Trinajstić information content (AvgIpc) is 2.37. The van der Waals surface area contributed by atoms with Gasteiger partial charge in [0.1, 0.15) is 0 Å². The number of hydrogen-bond acceptors (Lipinski definition) is 1. The van der Waals surface area contributed by atoms with Crippen molar-refractivity contribution in [3.63, 3.8) is 0 Å². The van der Waals surface area contributed by atoms with Crippen molar-refractivity contribution >= 4 is 12.1 Å². The highest BCUT2D eigenvalue weighted by Crippen LogP contribution is 2.26. The molecule has 0 saturated carbocycles. The van der Waals surface area contributed by atoms with Gasteiger partial charge in [-0.3, -0.25) is 9.69 Å². The number of hydrogen-bond donors (Lipinski definition) is 0. The number of nitrogens with zero attached hydrogens (tertiary/aromatic N) is 1. The van der Waals surface area contributed by atoms with E-state index in [9.17, 15) is 4.79 Å². The Bertz CT molecular complexity index is 552. The van der Waals surface area contributed by atoms with Crippen molar-refractivity contribution in [1.82, 2.24) is 0 Å². The molecule has 0 fully saturated rings. The third-order valence-corrected chi connectivity index (χ3v) is 3.20. The lowest BCUT2D eigenvalue weighted by molar-refractivity contribution is 0.550. The molecule has 0 aliphatic carbocycles. The van der Waals surface area contributed by atoms with Crippen LogP contribution in [-0.4, -0.2) is 6.41 Å². The third-order valence-electron chi connectivity index (χ3n) is 3.20. The van der Waals surface area contributed by atoms with Crippen LogP contribution in [0.15, 0.2) is 42.5 Å². The lowest BCUT2D eigenvalue weighted by atomic mass is 10.0. The normalized spacial score (nSPS) is 10.3. The number of rotatable bonds is 4. The van der Waals surface area contributed by atoms with Crippen LogP contribution in [0.2, 0.25) is 0 Å². The van der Waals surface area contributed by atoms with Crippen LogP contribution in [0.1, 0.15) is 22.3 Å². The van der Waals surface area contributed by atoms with E-state index < -0.39 is 0 Å². The number of carbonyl (C=O) groups excluding carboxylic acids is 1. The Hall–Kier alpha value is -2.09. The van der Waals surface area contributed by atoms with Crippen molar-refractivity contribution in [3.05, 3.63) is 64.7 Å². The van der Waals surface area contributed by atoms with E-state index in [0.29, 0.717) is 6.54 Å². The number of anilines is 1. The second-order valence-electron chi connectivity index (χ2n) is 4.91. The second-order valence-corrected chi connectivity index (χ2v) is 4.91. The number of amides is 1. The van der Waals surface area contributed by atoms with Gasteiger partial charge in [-0.2, -0.15) is 0 Å². The van der Waals surface area contributed by atoms with E-state index in [-0.39, 0.29) is 0 Å². The predicted molar refractivity (Wildman–Crippen MR) is 79.0 cm³/mol. The quantitative estimate of drug-likeness (QED) is 0.760. The van der Waals surface area contributed by atoms with E-state index in [1.54, 1.807) is 4.90 Å². The summed E-state index contributed by atoms with van der Waals surface area (Å²) in [5.41, 5.74) is 5.49. The predicted octanol–water partition coefficient (Wildman–Crippen LogP) is 3.69. The number of benzene rings is 2. The summed E-state index contributed by atoms with van der Waals surface area (Å²) < 4.78 is 0. The topological polar surface area (TPSA) is 20.3 Å². The summed E-state index contributed by atoms with van der Waals surface area (Å²) in [4.78, 5) is 13.0. The van der Waals surface area contributed by atoms with Crippen LogP contribution in [0.5, 0.6) is 0 Å². The fourth-order valence-corrected chi connectivity index (χ4v) is 2.52. The molecule has 2 nitrogen and oxygen atoms in total. The highest BCUT2D eigenvalue weighted by Gasteiger charge is 2.13. The molecular weight excluding hydrogens is 234 g/mol. The van der Waals surface area contributed by atoms with Gasteiger partial charge >= 0.3 is 6.41 Å². The van der Waals surface area contributed by atoms with Gasteiger partial charge in [0.25, 0.3) is 0 Å². The van der Waals surface area contributed by atoms with E-state index in [0.717, 1.165) is 22.4 Å². The molecule has 0 aromatic heterocycles. The molecule has 97 valence electrons. The second kappa shape index (κ2) is 5.70. The zero-order valence-corrected chi connectivity index (χ0v) is 11.6. The van der Waals surface area contributed by atoms with Crippen molar-refractivity contribution in [2.45, 2.75) is 27.3 Å². The summed E-state index contributed by atoms with van der Waals surface area (Å²) in [6.07, 6.45) is 2.05. The molecule has 2 aromatic rings. The molecule has 0 atom stereocenters. The van der Waals surface area contributed by atoms with Gasteiger partial charge < -0.3 is 0 Å². The lowest BCUT2D eigenvalue weighted by Gasteiger charge is -2.21. The molecule has 0 saturated heterocycles. The molecule has 0 N–H and O–H groups in total. The third kappa shape index (κ3) is 3.02. The summed E-state index contributed by atoms with van der Waals surface area (Å²) in [7, 11) is 0. The maximum Gasteiger partial charge on any atom is 0.317 e. The monoisotopic (exact) mass is 252 g/mol. The van der Waals surface area contributed by atoms with Gasteiger partial charge in [0.15, 0.2) is 0 Å². The lowest BCUT2D eigenvalue weighted by Crippen LogP contribution is -2.22. The van der Waals surface area contributed by atoms with Crippen molar-refractivity contribution in [1.29, 1.82) is 0 Å². The van der Waals surface area contributed by atoms with E-state index in [1.165, 1.54) is 5.56 Å². The molecule has 0 spiro atoms. The van der Waals surface area contributed by atoms with Crippen molar-refractivity contribution in [3.8, 4) is 0 Å². The van der Waals surface area contributed by atoms with Gasteiger partial charge in [-0.25, -0.2) is 0 Å². The van der Waals surface area contributed by atoms with Gasteiger partial charge in [-0.1, -0.05) is 48.0 Å². The van der Waals surface area contributed by atoms with Gasteiger partial charge in [0.05, 0.1) is 12.2 Å². The minimum atomic E-state index is 0.551. The Labute approximate surface area is 114 Å². The van der Waals surface area contributed by atoms with Crippen molar-refractivity contribution in [2.75, 3.05) is 4.90 Å². The molecule has 2 heteroatoms. The largest absolute Gasteiger partial charge is 0.317 e. The molecule has 2 rings (SSSR count). The minimum absolute atomic E-state index is 0.551. The first-order chi connectivity index (χ1) is 9.11. The van der Waals surface area contributed by atoms with Gasteiger partial charge in [0, 0.05) is 0 Å². The maximum absolute atomic E-state index is 11.3. The molecule has 0 aliphatic rings. The standard InChI is InChI=1S/C17H18NO/c1-13-9-14(2)17(15(3)10-13)18(12-19)11-16-7-5-4-6-8-16/h4-10H,11H2,1-3H3. The zero-order valence-electron chi connectivity index (χ0n) is 11.6. The summed E-state index contributed by atoms with van der Waals surface area (Å²) in [5, 5.41) is 0. The Morgan fingerprint density at radius 1 is 1.00 bits per heavy atom. The molecule has 19 heavy (non-hydrogen) atoms. The van der Waals surface area contributed by atoms with Gasteiger partial charge in [-0.15, -0.1) is 0 Å². The molecule has 2 aromatic carbocycles. The molecular formula is C17H18NO. The van der Waals surface area contributed by atoms with Crippen LogP contribution < -0.4 is 4.90 Å². The maximum atomic E-state index is 11.3. The Morgan fingerprint density at radius 2 is 1.58 bits per heavy atom. The number of aryl methyl sites for hydroxylation is 3. The first kappa shape index (κ1) is 13.3. The van der Waals surface area contributed by atoms with Crippen molar-refractivity contribution in [2.24, 2.45) is 0 Å². The van der Waals surface area contributed by atoms with Crippen LogP contribution in [0, 0.1) is 20.8 Å². The summed E-state index contributed by atoms with van der Waals surface area (Å²) in [5.74, 6) is 0. The molecule has 0 unspecified atom stereocenters. The molecule has 0 bridgehead atoms. The summed E-state index contributed by atoms with van der Waals surface area (Å²) in [6, 6.07) is 14.2. The van der Waals surface area contributed by atoms with Crippen LogP contribution in [0.3, 0.4) is 0 Å². The van der Waals surface area contributed by atoms with Crippen LogP contribution in [0.4, 0.5) is 5.69 Å². The Kier molecular flexibility index (Phi) is 4.00. The van der Waals surface area contributed by atoms with Gasteiger partial charge in [-0.05, 0) is 37.5 Å². The Balaban J connectivity index is 2.35. The molecule has 0 heterocycles. The van der Waals surface area contributed by atoms with E-state index in [1.807, 2.05) is 44.2 Å². The molecule has 1 amide bonds.